The molecule has 1 N–H and O–H groups in total. The van der Waals surface area contributed by atoms with Crippen molar-refractivity contribution in [2.24, 2.45) is 0 Å². The summed E-state index contributed by atoms with van der Waals surface area (Å²) in [6.45, 7) is 5.29. The average Bonchev–Trinajstić information content (AvgIpc) is 2.79. The number of carbonyl (C=O) groups is 1. The number of hydrogen-bond acceptors (Lipinski definition) is 2. The summed E-state index contributed by atoms with van der Waals surface area (Å²) in [5, 5.41) is 0.955. The van der Waals surface area contributed by atoms with Crippen LogP contribution in [0.2, 0.25) is 0 Å². The quantitative estimate of drug-likeness (QED) is 0.869. The van der Waals surface area contributed by atoms with Crippen molar-refractivity contribution in [3.05, 3.63) is 34.4 Å². The fourth-order valence-corrected chi connectivity index (χ4v) is 3.14. The van der Waals surface area contributed by atoms with Crippen molar-refractivity contribution in [3.63, 3.8) is 0 Å². The second-order valence-electron chi connectivity index (χ2n) is 5.36. The van der Waals surface area contributed by atoms with Crippen molar-refractivity contribution in [3.8, 4) is 0 Å². The number of aromatic amines is 1. The molecule has 2 atom stereocenters. The molecule has 4 nitrogen and oxygen atoms in total. The Bertz CT molecular complexity index is 642. The first kappa shape index (κ1) is 13.6. The molecule has 3 rings (SSSR count). The third-order valence-electron chi connectivity index (χ3n) is 3.58. The monoisotopic (exact) mass is 336 g/mol. The summed E-state index contributed by atoms with van der Waals surface area (Å²) in [5.74, 6) is 0.0661. The van der Waals surface area contributed by atoms with Gasteiger partial charge in [-0.2, -0.15) is 0 Å². The Morgan fingerprint density at radius 1 is 1.35 bits per heavy atom. The van der Waals surface area contributed by atoms with Crippen LogP contribution in [0.4, 0.5) is 0 Å². The Morgan fingerprint density at radius 3 is 2.75 bits per heavy atom. The summed E-state index contributed by atoms with van der Waals surface area (Å²) in [7, 11) is 0. The van der Waals surface area contributed by atoms with Crippen LogP contribution in [-0.2, 0) is 4.74 Å². The smallest absolute Gasteiger partial charge is 0.256 e. The molecule has 1 aromatic carbocycles. The number of ether oxygens (including phenoxy) is 1. The molecule has 106 valence electrons. The van der Waals surface area contributed by atoms with Crippen LogP contribution in [0, 0.1) is 0 Å². The Labute approximate surface area is 126 Å². The van der Waals surface area contributed by atoms with E-state index < -0.39 is 0 Å². The number of morpholine rings is 1. The van der Waals surface area contributed by atoms with Gasteiger partial charge in [-0.25, -0.2) is 0 Å². The van der Waals surface area contributed by atoms with Crippen molar-refractivity contribution >= 4 is 32.7 Å². The number of aromatic nitrogens is 1. The lowest BCUT2D eigenvalue weighted by molar-refractivity contribution is -0.0585. The number of hydrogen-bond donors (Lipinski definition) is 1. The zero-order valence-electron chi connectivity index (χ0n) is 11.5. The predicted molar refractivity (Wildman–Crippen MR) is 81.9 cm³/mol. The van der Waals surface area contributed by atoms with Gasteiger partial charge in [0.15, 0.2) is 0 Å². The lowest BCUT2D eigenvalue weighted by Gasteiger charge is -2.35. The van der Waals surface area contributed by atoms with E-state index in [1.807, 2.05) is 36.9 Å². The molecule has 1 fully saturated rings. The number of halogens is 1. The number of nitrogens with zero attached hydrogens (tertiary/aromatic N) is 1. The van der Waals surface area contributed by atoms with E-state index >= 15 is 0 Å². The molecular weight excluding hydrogens is 320 g/mol. The summed E-state index contributed by atoms with van der Waals surface area (Å²) in [4.78, 5) is 17.7. The van der Waals surface area contributed by atoms with Gasteiger partial charge >= 0.3 is 0 Å². The van der Waals surface area contributed by atoms with Crippen LogP contribution in [-0.4, -0.2) is 41.1 Å². The molecule has 1 saturated heterocycles. The van der Waals surface area contributed by atoms with Crippen molar-refractivity contribution in [2.75, 3.05) is 13.1 Å². The molecule has 0 radical (unpaired) electrons. The van der Waals surface area contributed by atoms with Gasteiger partial charge in [-0.3, -0.25) is 4.79 Å². The van der Waals surface area contributed by atoms with E-state index in [0.717, 1.165) is 20.9 Å². The van der Waals surface area contributed by atoms with Gasteiger partial charge in [-0.15, -0.1) is 0 Å². The molecule has 0 aliphatic carbocycles. The van der Waals surface area contributed by atoms with Gasteiger partial charge in [0.25, 0.3) is 5.91 Å². The van der Waals surface area contributed by atoms with E-state index in [9.17, 15) is 4.79 Å². The zero-order chi connectivity index (χ0) is 14.3. The molecule has 1 aromatic heterocycles. The SMILES string of the molecule is CC1CN(C(=O)c2c[nH]c3ccc(Br)cc23)CC(C)O1. The number of rotatable bonds is 1. The van der Waals surface area contributed by atoms with E-state index in [1.54, 1.807) is 6.20 Å². The third kappa shape index (κ3) is 2.47. The lowest BCUT2D eigenvalue weighted by Crippen LogP contribution is -2.48. The first-order valence-electron chi connectivity index (χ1n) is 6.76. The molecule has 1 amide bonds. The Hall–Kier alpha value is -1.33. The Kier molecular flexibility index (Phi) is 3.56. The van der Waals surface area contributed by atoms with Gasteiger partial charge in [-0.1, -0.05) is 15.9 Å². The summed E-state index contributed by atoms with van der Waals surface area (Å²) >= 11 is 3.46. The number of fused-ring (bicyclic) bond motifs is 1. The second-order valence-corrected chi connectivity index (χ2v) is 6.28. The summed E-state index contributed by atoms with van der Waals surface area (Å²) in [6.07, 6.45) is 1.96. The van der Waals surface area contributed by atoms with Crippen LogP contribution in [0.3, 0.4) is 0 Å². The molecule has 5 heteroatoms. The number of benzene rings is 1. The summed E-state index contributed by atoms with van der Waals surface area (Å²) < 4.78 is 6.66. The highest BCUT2D eigenvalue weighted by molar-refractivity contribution is 9.10. The standard InChI is InChI=1S/C15H17BrN2O2/c1-9-7-18(8-10(2)20-9)15(19)13-6-17-14-4-3-11(16)5-12(13)14/h3-6,9-10,17H,7-8H2,1-2H3. The Morgan fingerprint density at radius 2 is 2.05 bits per heavy atom. The maximum absolute atomic E-state index is 12.7. The number of amides is 1. The van der Waals surface area contributed by atoms with Crippen LogP contribution < -0.4 is 0 Å². The first-order valence-corrected chi connectivity index (χ1v) is 7.55. The van der Waals surface area contributed by atoms with Crippen LogP contribution in [0.5, 0.6) is 0 Å². The number of carbonyl (C=O) groups excluding carboxylic acids is 1. The molecule has 2 heterocycles. The molecule has 0 spiro atoms. The average molecular weight is 337 g/mol. The van der Waals surface area contributed by atoms with Gasteiger partial charge in [-0.05, 0) is 32.0 Å². The van der Waals surface area contributed by atoms with Crippen molar-refractivity contribution in [1.82, 2.24) is 9.88 Å². The Balaban J connectivity index is 1.94. The highest BCUT2D eigenvalue weighted by Gasteiger charge is 2.27. The van der Waals surface area contributed by atoms with Gasteiger partial charge in [0.2, 0.25) is 0 Å². The summed E-state index contributed by atoms with van der Waals surface area (Å²) in [5.41, 5.74) is 1.70. The van der Waals surface area contributed by atoms with Gasteiger partial charge < -0.3 is 14.6 Å². The molecule has 1 aliphatic rings. The topological polar surface area (TPSA) is 45.3 Å². The summed E-state index contributed by atoms with van der Waals surface area (Å²) in [6, 6.07) is 5.92. The second kappa shape index (κ2) is 5.22. The highest BCUT2D eigenvalue weighted by Crippen LogP contribution is 2.24. The molecule has 0 bridgehead atoms. The van der Waals surface area contributed by atoms with E-state index in [-0.39, 0.29) is 18.1 Å². The van der Waals surface area contributed by atoms with E-state index in [2.05, 4.69) is 20.9 Å². The zero-order valence-corrected chi connectivity index (χ0v) is 13.1. The fourth-order valence-electron chi connectivity index (χ4n) is 2.78. The highest BCUT2D eigenvalue weighted by atomic mass is 79.9. The predicted octanol–water partition coefficient (Wildman–Crippen LogP) is 3.18. The van der Waals surface area contributed by atoms with Crippen molar-refractivity contribution in [2.45, 2.75) is 26.1 Å². The fraction of sp³-hybridized carbons (Fsp3) is 0.400. The molecule has 0 saturated carbocycles. The van der Waals surface area contributed by atoms with Crippen molar-refractivity contribution < 1.29 is 9.53 Å². The maximum atomic E-state index is 12.7. The molecule has 20 heavy (non-hydrogen) atoms. The molecular formula is C15H17BrN2O2. The molecule has 2 unspecified atom stereocenters. The normalized spacial score (nSPS) is 23.2. The maximum Gasteiger partial charge on any atom is 0.256 e. The van der Waals surface area contributed by atoms with Crippen LogP contribution in [0.15, 0.2) is 28.9 Å². The van der Waals surface area contributed by atoms with Crippen LogP contribution in [0.25, 0.3) is 10.9 Å². The van der Waals surface area contributed by atoms with Gasteiger partial charge in [0.1, 0.15) is 0 Å². The van der Waals surface area contributed by atoms with Gasteiger partial charge in [0.05, 0.1) is 17.8 Å². The van der Waals surface area contributed by atoms with Crippen LogP contribution in [0.1, 0.15) is 24.2 Å². The van der Waals surface area contributed by atoms with Crippen LogP contribution >= 0.6 is 15.9 Å². The van der Waals surface area contributed by atoms with Crippen molar-refractivity contribution in [1.29, 1.82) is 0 Å². The lowest BCUT2D eigenvalue weighted by atomic mass is 10.1. The minimum Gasteiger partial charge on any atom is -0.372 e. The van der Waals surface area contributed by atoms with E-state index in [0.29, 0.717) is 13.1 Å². The molecule has 1 aliphatic heterocycles. The minimum absolute atomic E-state index is 0.0661. The third-order valence-corrected chi connectivity index (χ3v) is 4.07. The first-order chi connectivity index (χ1) is 9.54. The number of H-pyrrole nitrogens is 1. The van der Waals surface area contributed by atoms with E-state index in [4.69, 9.17) is 4.74 Å². The van der Waals surface area contributed by atoms with E-state index in [1.165, 1.54) is 0 Å². The minimum atomic E-state index is 0.0661. The number of nitrogens with one attached hydrogen (secondary N) is 1. The molecule has 2 aromatic rings. The van der Waals surface area contributed by atoms with Gasteiger partial charge in [0, 0.05) is 34.7 Å². The largest absolute Gasteiger partial charge is 0.372 e.